The van der Waals surface area contributed by atoms with Crippen LogP contribution in [0.25, 0.3) is 22.6 Å². The molecule has 10 heteroatoms. The van der Waals surface area contributed by atoms with Crippen molar-refractivity contribution in [1.29, 1.82) is 0 Å². The Labute approximate surface area is 213 Å². The second kappa shape index (κ2) is 10.8. The van der Waals surface area contributed by atoms with Crippen LogP contribution in [0.3, 0.4) is 0 Å². The minimum atomic E-state index is -1.26. The molecule has 2 aromatic heterocycles. The zero-order valence-corrected chi connectivity index (χ0v) is 19.1. The van der Waals surface area contributed by atoms with Crippen LogP contribution in [-0.2, 0) is 0 Å². The van der Waals surface area contributed by atoms with Crippen LogP contribution in [0.15, 0.2) is 67.1 Å². The standard InChI is InChI=1S/C25H22FN5O3.Li/c26-18-5-1-16(2-6-18)22-23(31(15-29-22)19-9-12-27-13-10-19)21-11-14-28-25(30-21)34-20-7-3-17(4-8-20)24(32)33;/h1-8,11,14-15,19,27H,9-10,12-13H2,(H,32,33);/q;+1/p-1. The number of carboxylic acids is 1. The number of aromatic nitrogens is 4. The summed E-state index contributed by atoms with van der Waals surface area (Å²) >= 11 is 0. The number of carboxylic acid groups (broad SMARTS) is 1. The first-order valence-corrected chi connectivity index (χ1v) is 10.9. The van der Waals surface area contributed by atoms with Crippen molar-refractivity contribution < 1.29 is 37.9 Å². The van der Waals surface area contributed by atoms with Crippen LogP contribution in [-0.4, -0.2) is 38.6 Å². The summed E-state index contributed by atoms with van der Waals surface area (Å²) in [5.74, 6) is -1.18. The number of benzene rings is 2. The topological polar surface area (TPSA) is 105 Å². The average Bonchev–Trinajstić information content (AvgIpc) is 3.31. The van der Waals surface area contributed by atoms with Crippen molar-refractivity contribution >= 4 is 5.97 Å². The first-order chi connectivity index (χ1) is 16.6. The third kappa shape index (κ3) is 5.43. The summed E-state index contributed by atoms with van der Waals surface area (Å²) in [5, 5.41) is 14.3. The molecule has 0 atom stereocenters. The van der Waals surface area contributed by atoms with E-state index in [0.29, 0.717) is 17.1 Å². The van der Waals surface area contributed by atoms with Gasteiger partial charge in [-0.25, -0.2) is 14.4 Å². The number of hydrogen-bond donors (Lipinski definition) is 1. The zero-order valence-electron chi connectivity index (χ0n) is 19.1. The number of rotatable bonds is 6. The molecule has 8 nitrogen and oxygen atoms in total. The van der Waals surface area contributed by atoms with Gasteiger partial charge in [-0.05, 0) is 86.1 Å². The fraction of sp³-hybridized carbons (Fsp3) is 0.200. The molecular weight excluding hydrogens is 444 g/mol. The van der Waals surface area contributed by atoms with Crippen molar-refractivity contribution in [3.05, 3.63) is 78.5 Å². The van der Waals surface area contributed by atoms with Gasteiger partial charge in [0, 0.05) is 17.8 Å². The molecule has 5 rings (SSSR count). The fourth-order valence-electron chi connectivity index (χ4n) is 4.08. The van der Waals surface area contributed by atoms with E-state index in [2.05, 4.69) is 24.8 Å². The molecule has 0 aliphatic carbocycles. The molecule has 172 valence electrons. The number of halogens is 1. The van der Waals surface area contributed by atoms with E-state index in [9.17, 15) is 14.3 Å². The minimum Gasteiger partial charge on any atom is -0.545 e. The summed E-state index contributed by atoms with van der Waals surface area (Å²) in [6, 6.07) is 14.2. The summed E-state index contributed by atoms with van der Waals surface area (Å²) < 4.78 is 21.4. The summed E-state index contributed by atoms with van der Waals surface area (Å²) in [6.07, 6.45) is 5.31. The Balaban J connectivity index is 0.00000289. The molecule has 2 aromatic carbocycles. The number of nitrogens with zero attached hydrogens (tertiary/aromatic N) is 4. The van der Waals surface area contributed by atoms with Gasteiger partial charge in [-0.3, -0.25) is 0 Å². The quantitative estimate of drug-likeness (QED) is 0.407. The maximum Gasteiger partial charge on any atom is 1.00 e. The van der Waals surface area contributed by atoms with Gasteiger partial charge in [-0.15, -0.1) is 0 Å². The SMILES string of the molecule is O=C([O-])c1ccc(Oc2nccc(-c3c(-c4ccc(F)cc4)ncn3C3CCNCC3)n2)cc1.[Li+]. The molecule has 1 N–H and O–H groups in total. The van der Waals surface area contributed by atoms with E-state index in [1.165, 1.54) is 36.4 Å². The number of carbonyl (C=O) groups excluding carboxylic acids is 1. The van der Waals surface area contributed by atoms with Gasteiger partial charge in [0.25, 0.3) is 0 Å². The van der Waals surface area contributed by atoms with Crippen LogP contribution in [0.4, 0.5) is 4.39 Å². The number of carbonyl (C=O) groups is 1. The molecule has 3 heterocycles. The van der Waals surface area contributed by atoms with Crippen molar-refractivity contribution in [3.8, 4) is 34.4 Å². The first-order valence-electron chi connectivity index (χ1n) is 10.9. The third-order valence-electron chi connectivity index (χ3n) is 5.79. The number of hydrogen-bond acceptors (Lipinski definition) is 7. The summed E-state index contributed by atoms with van der Waals surface area (Å²) in [5.41, 5.74) is 2.95. The van der Waals surface area contributed by atoms with Crippen molar-refractivity contribution in [1.82, 2.24) is 24.8 Å². The predicted octanol–water partition coefficient (Wildman–Crippen LogP) is 0.230. The van der Waals surface area contributed by atoms with Crippen LogP contribution in [0.1, 0.15) is 29.2 Å². The number of aromatic carboxylic acids is 1. The Morgan fingerprint density at radius 1 is 1.03 bits per heavy atom. The van der Waals surface area contributed by atoms with Crippen LogP contribution < -0.4 is 34.0 Å². The van der Waals surface area contributed by atoms with Crippen molar-refractivity contribution in [2.45, 2.75) is 18.9 Å². The average molecular weight is 465 g/mol. The number of nitrogens with one attached hydrogen (secondary N) is 1. The van der Waals surface area contributed by atoms with Gasteiger partial charge in [0.1, 0.15) is 11.6 Å². The molecule has 1 fully saturated rings. The predicted molar refractivity (Wildman–Crippen MR) is 121 cm³/mol. The minimum absolute atomic E-state index is 0. The van der Waals surface area contributed by atoms with Gasteiger partial charge < -0.3 is 24.5 Å². The van der Waals surface area contributed by atoms with Crippen LogP contribution >= 0.6 is 0 Å². The smallest absolute Gasteiger partial charge is 0.545 e. The van der Waals surface area contributed by atoms with E-state index in [1.54, 1.807) is 24.4 Å². The van der Waals surface area contributed by atoms with Crippen LogP contribution in [0.2, 0.25) is 0 Å². The van der Waals surface area contributed by atoms with Gasteiger partial charge in [-0.2, -0.15) is 4.98 Å². The Hall–Kier alpha value is -3.51. The molecule has 1 saturated heterocycles. The monoisotopic (exact) mass is 465 g/mol. The first kappa shape index (κ1) is 24.6. The largest absolute Gasteiger partial charge is 1.00 e. The normalized spacial score (nSPS) is 13.7. The van der Waals surface area contributed by atoms with E-state index in [0.717, 1.165) is 37.2 Å². The van der Waals surface area contributed by atoms with Crippen LogP contribution in [0, 0.1) is 5.82 Å². The Bertz CT molecular complexity index is 1310. The molecule has 35 heavy (non-hydrogen) atoms. The van der Waals surface area contributed by atoms with Gasteiger partial charge >= 0.3 is 24.9 Å². The summed E-state index contributed by atoms with van der Waals surface area (Å²) in [4.78, 5) is 24.5. The van der Waals surface area contributed by atoms with E-state index in [-0.39, 0.29) is 42.3 Å². The number of piperidine rings is 1. The molecule has 4 aromatic rings. The van der Waals surface area contributed by atoms with E-state index in [1.807, 2.05) is 6.33 Å². The van der Waals surface area contributed by atoms with Crippen molar-refractivity contribution in [3.63, 3.8) is 0 Å². The van der Waals surface area contributed by atoms with Crippen molar-refractivity contribution in [2.75, 3.05) is 13.1 Å². The Kier molecular flexibility index (Phi) is 7.61. The molecule has 1 aliphatic heterocycles. The van der Waals surface area contributed by atoms with Gasteiger partial charge in [0.05, 0.1) is 29.4 Å². The molecule has 0 radical (unpaired) electrons. The van der Waals surface area contributed by atoms with Gasteiger partial charge in [0.15, 0.2) is 0 Å². The second-order valence-electron chi connectivity index (χ2n) is 7.98. The zero-order chi connectivity index (χ0) is 23.5. The number of ether oxygens (including phenoxy) is 1. The second-order valence-corrected chi connectivity index (χ2v) is 7.98. The number of imidazole rings is 1. The Morgan fingerprint density at radius 2 is 1.74 bits per heavy atom. The van der Waals surface area contributed by atoms with Crippen LogP contribution in [0.5, 0.6) is 11.8 Å². The van der Waals surface area contributed by atoms with Gasteiger partial charge in [0.2, 0.25) is 0 Å². The van der Waals surface area contributed by atoms with Crippen molar-refractivity contribution in [2.24, 2.45) is 0 Å². The summed E-state index contributed by atoms with van der Waals surface area (Å²) in [6.45, 7) is 1.82. The molecule has 0 spiro atoms. The third-order valence-corrected chi connectivity index (χ3v) is 5.79. The molecule has 0 bridgehead atoms. The van der Waals surface area contributed by atoms with E-state index >= 15 is 0 Å². The summed E-state index contributed by atoms with van der Waals surface area (Å²) in [7, 11) is 0. The molecule has 0 unspecified atom stereocenters. The van der Waals surface area contributed by atoms with E-state index < -0.39 is 5.97 Å². The molecular formula is C25H21FLiN5O3. The maximum atomic E-state index is 13.5. The molecule has 0 amide bonds. The fourth-order valence-corrected chi connectivity index (χ4v) is 4.08. The maximum absolute atomic E-state index is 13.5. The molecule has 1 aliphatic rings. The molecule has 0 saturated carbocycles. The van der Waals surface area contributed by atoms with Gasteiger partial charge in [-0.1, -0.05) is 0 Å². The Morgan fingerprint density at radius 3 is 2.43 bits per heavy atom. The van der Waals surface area contributed by atoms with E-state index in [4.69, 9.17) is 4.74 Å².